The van der Waals surface area contributed by atoms with Crippen LogP contribution in [0.5, 0.6) is 0 Å². The molecular formula is C20H22ClN5O2. The summed E-state index contributed by atoms with van der Waals surface area (Å²) in [7, 11) is 1.66. The van der Waals surface area contributed by atoms with E-state index in [1.54, 1.807) is 11.4 Å². The first kappa shape index (κ1) is 18.6. The normalized spacial score (nSPS) is 11.7. The summed E-state index contributed by atoms with van der Waals surface area (Å²) in [4.78, 5) is 30.5. The van der Waals surface area contributed by atoms with Gasteiger partial charge in [0.15, 0.2) is 11.2 Å². The summed E-state index contributed by atoms with van der Waals surface area (Å²) in [5.41, 5.74) is 2.33. The highest BCUT2D eigenvalue weighted by Crippen LogP contribution is 2.16. The van der Waals surface area contributed by atoms with Crippen LogP contribution in [0.25, 0.3) is 16.9 Å². The summed E-state index contributed by atoms with van der Waals surface area (Å²) in [5, 5.41) is 0. The molecule has 0 fully saturated rings. The maximum absolute atomic E-state index is 13.2. The van der Waals surface area contributed by atoms with Crippen molar-refractivity contribution in [3.8, 4) is 0 Å². The molecule has 0 spiro atoms. The topological polar surface area (TPSA) is 66.2 Å². The lowest BCUT2D eigenvalue weighted by Gasteiger charge is -2.08. The highest BCUT2D eigenvalue weighted by molar-refractivity contribution is 6.17. The molecule has 0 N–H and O–H groups in total. The molecule has 7 nitrogen and oxygen atoms in total. The molecule has 4 rings (SSSR count). The Morgan fingerprint density at radius 1 is 1.07 bits per heavy atom. The van der Waals surface area contributed by atoms with Gasteiger partial charge in [-0.3, -0.25) is 18.3 Å². The molecule has 0 atom stereocenters. The standard InChI is InChI=1S/C20H22ClN5O2/c1-14-13-26-16-17(22-19(26)24(14)12-10-21)23(2)20(28)25(18(16)27)11-6-9-15-7-4-3-5-8-15/h3-5,7-8,13H,6,9-12H2,1-2H3. The monoisotopic (exact) mass is 399 g/mol. The van der Waals surface area contributed by atoms with Crippen LogP contribution in [-0.2, 0) is 26.6 Å². The van der Waals surface area contributed by atoms with Crippen molar-refractivity contribution in [2.24, 2.45) is 7.05 Å². The van der Waals surface area contributed by atoms with Crippen LogP contribution in [0.4, 0.5) is 0 Å². The van der Waals surface area contributed by atoms with Crippen molar-refractivity contribution in [3.05, 3.63) is 68.6 Å². The summed E-state index contributed by atoms with van der Waals surface area (Å²) in [6.07, 6.45) is 3.39. The summed E-state index contributed by atoms with van der Waals surface area (Å²) in [6, 6.07) is 10.0. The molecule has 1 aromatic carbocycles. The van der Waals surface area contributed by atoms with Gasteiger partial charge in [0.1, 0.15) is 0 Å². The summed E-state index contributed by atoms with van der Waals surface area (Å²) in [6.45, 7) is 2.91. The van der Waals surface area contributed by atoms with E-state index in [1.807, 2.05) is 48.0 Å². The SMILES string of the molecule is Cc1cn2c3c(=O)n(CCCc4ccccc4)c(=O)n(C)c3nc2n1CCCl. The van der Waals surface area contributed by atoms with E-state index in [0.29, 0.717) is 42.3 Å². The molecule has 0 aliphatic rings. The molecule has 0 saturated heterocycles. The number of halogens is 1. The van der Waals surface area contributed by atoms with Gasteiger partial charge >= 0.3 is 5.69 Å². The van der Waals surface area contributed by atoms with Crippen LogP contribution in [0.1, 0.15) is 17.7 Å². The van der Waals surface area contributed by atoms with Crippen molar-refractivity contribution in [2.45, 2.75) is 32.9 Å². The van der Waals surface area contributed by atoms with E-state index < -0.39 is 0 Å². The first-order chi connectivity index (χ1) is 13.5. The minimum Gasteiger partial charge on any atom is -0.313 e. The zero-order chi connectivity index (χ0) is 19.8. The van der Waals surface area contributed by atoms with Gasteiger partial charge in [0, 0.05) is 37.9 Å². The number of benzene rings is 1. The predicted molar refractivity (Wildman–Crippen MR) is 110 cm³/mol. The maximum atomic E-state index is 13.2. The Hall–Kier alpha value is -2.80. The Bertz CT molecular complexity index is 1260. The van der Waals surface area contributed by atoms with E-state index in [1.165, 1.54) is 14.7 Å². The lowest BCUT2D eigenvalue weighted by atomic mass is 10.1. The third-order valence-corrected chi connectivity index (χ3v) is 5.31. The lowest BCUT2D eigenvalue weighted by Crippen LogP contribution is -2.39. The molecule has 0 unspecified atom stereocenters. The van der Waals surface area contributed by atoms with Gasteiger partial charge in [-0.1, -0.05) is 30.3 Å². The summed E-state index contributed by atoms with van der Waals surface area (Å²) < 4.78 is 6.49. The fraction of sp³-hybridized carbons (Fsp3) is 0.350. The van der Waals surface area contributed by atoms with E-state index in [4.69, 9.17) is 11.6 Å². The molecule has 0 saturated carbocycles. The fourth-order valence-electron chi connectivity index (χ4n) is 3.70. The van der Waals surface area contributed by atoms with Gasteiger partial charge < -0.3 is 4.57 Å². The van der Waals surface area contributed by atoms with Crippen LogP contribution in [0.3, 0.4) is 0 Å². The van der Waals surface area contributed by atoms with E-state index in [0.717, 1.165) is 12.1 Å². The van der Waals surface area contributed by atoms with E-state index in [-0.39, 0.29) is 11.2 Å². The summed E-state index contributed by atoms with van der Waals surface area (Å²) >= 11 is 5.91. The van der Waals surface area contributed by atoms with Gasteiger partial charge in [0.05, 0.1) is 0 Å². The predicted octanol–water partition coefficient (Wildman–Crippen LogP) is 2.33. The molecular weight excluding hydrogens is 378 g/mol. The number of nitrogens with zero attached hydrogens (tertiary/aromatic N) is 5. The number of aryl methyl sites for hydroxylation is 4. The molecule has 0 aliphatic carbocycles. The fourth-order valence-corrected chi connectivity index (χ4v) is 3.87. The second-order valence-corrected chi connectivity index (χ2v) is 7.33. The Labute approximate surface area is 166 Å². The Morgan fingerprint density at radius 3 is 2.54 bits per heavy atom. The number of imidazole rings is 2. The van der Waals surface area contributed by atoms with Crippen molar-refractivity contribution in [1.29, 1.82) is 0 Å². The zero-order valence-electron chi connectivity index (χ0n) is 15.9. The molecule has 0 amide bonds. The average molecular weight is 400 g/mol. The second-order valence-electron chi connectivity index (χ2n) is 6.95. The Morgan fingerprint density at radius 2 is 1.82 bits per heavy atom. The molecule has 8 heteroatoms. The van der Waals surface area contributed by atoms with Gasteiger partial charge in [-0.25, -0.2) is 4.79 Å². The van der Waals surface area contributed by atoms with Crippen molar-refractivity contribution in [3.63, 3.8) is 0 Å². The van der Waals surface area contributed by atoms with Crippen LogP contribution in [0, 0.1) is 6.92 Å². The van der Waals surface area contributed by atoms with Gasteiger partial charge in [-0.05, 0) is 25.3 Å². The molecule has 28 heavy (non-hydrogen) atoms. The van der Waals surface area contributed by atoms with Crippen molar-refractivity contribution in [2.75, 3.05) is 5.88 Å². The number of hydrogen-bond donors (Lipinski definition) is 0. The van der Waals surface area contributed by atoms with E-state index in [2.05, 4.69) is 4.98 Å². The first-order valence-corrected chi connectivity index (χ1v) is 9.84. The number of alkyl halides is 1. The highest BCUT2D eigenvalue weighted by Gasteiger charge is 2.19. The van der Waals surface area contributed by atoms with E-state index >= 15 is 0 Å². The van der Waals surface area contributed by atoms with Crippen LogP contribution in [0.15, 0.2) is 46.1 Å². The molecule has 146 valence electrons. The quantitative estimate of drug-likeness (QED) is 0.467. The molecule has 3 heterocycles. The minimum atomic E-state index is -0.341. The Kier molecular flexibility index (Phi) is 4.85. The summed E-state index contributed by atoms with van der Waals surface area (Å²) in [5.74, 6) is 1.07. The highest BCUT2D eigenvalue weighted by atomic mass is 35.5. The molecule has 0 bridgehead atoms. The van der Waals surface area contributed by atoms with Gasteiger partial charge in [0.2, 0.25) is 5.78 Å². The third-order valence-electron chi connectivity index (χ3n) is 5.14. The van der Waals surface area contributed by atoms with Gasteiger partial charge in [-0.15, -0.1) is 11.6 Å². The van der Waals surface area contributed by atoms with Gasteiger partial charge in [0.25, 0.3) is 5.56 Å². The van der Waals surface area contributed by atoms with E-state index in [9.17, 15) is 9.59 Å². The van der Waals surface area contributed by atoms with Crippen LogP contribution < -0.4 is 11.2 Å². The number of hydrogen-bond acceptors (Lipinski definition) is 3. The van der Waals surface area contributed by atoms with Crippen molar-refractivity contribution < 1.29 is 0 Å². The van der Waals surface area contributed by atoms with Crippen molar-refractivity contribution >= 4 is 28.5 Å². The molecule has 4 aromatic rings. The van der Waals surface area contributed by atoms with Crippen LogP contribution >= 0.6 is 11.6 Å². The average Bonchev–Trinajstić information content (AvgIpc) is 3.20. The number of aromatic nitrogens is 5. The zero-order valence-corrected chi connectivity index (χ0v) is 16.7. The molecule has 3 aromatic heterocycles. The van der Waals surface area contributed by atoms with Crippen LogP contribution in [0.2, 0.25) is 0 Å². The largest absolute Gasteiger partial charge is 0.332 e. The van der Waals surface area contributed by atoms with Crippen molar-refractivity contribution in [1.82, 2.24) is 23.1 Å². The lowest BCUT2D eigenvalue weighted by molar-refractivity contribution is 0.572. The molecule has 0 aliphatic heterocycles. The molecule has 0 radical (unpaired) electrons. The third kappa shape index (κ3) is 2.96. The van der Waals surface area contributed by atoms with Crippen LogP contribution in [-0.4, -0.2) is 29.0 Å². The second kappa shape index (κ2) is 7.31. The first-order valence-electron chi connectivity index (χ1n) is 9.30. The number of fused-ring (bicyclic) bond motifs is 3. The smallest absolute Gasteiger partial charge is 0.313 e. The number of rotatable bonds is 6. The maximum Gasteiger partial charge on any atom is 0.332 e. The van der Waals surface area contributed by atoms with Gasteiger partial charge in [-0.2, -0.15) is 4.98 Å². The Balaban J connectivity index is 1.79. The minimum absolute atomic E-state index is 0.304.